The number of aromatic nitrogens is 2. The molecule has 0 atom stereocenters. The van der Waals surface area contributed by atoms with Crippen LogP contribution < -0.4 is 10.3 Å². The molecule has 0 aliphatic carbocycles. The van der Waals surface area contributed by atoms with Crippen LogP contribution in [0.5, 0.6) is 11.6 Å². The van der Waals surface area contributed by atoms with Crippen molar-refractivity contribution in [3.8, 4) is 11.6 Å². The number of ether oxygens (including phenoxy) is 1. The number of carbonyl (C=O) groups excluding carboxylic acids is 1. The number of hydrogen-bond donors (Lipinski definition) is 0. The summed E-state index contributed by atoms with van der Waals surface area (Å²) >= 11 is 6.54. The van der Waals surface area contributed by atoms with E-state index in [0.717, 1.165) is 22.9 Å². The SMILES string of the molecule is Cc1ccc(Oc2nc3ccccn3c(=O)c2C=C2SC(=S)N(Cc3ccco3)C2=O)c(C)c1. The van der Waals surface area contributed by atoms with Crippen molar-refractivity contribution in [2.45, 2.75) is 20.4 Å². The number of fused-ring (bicyclic) bond motifs is 1. The van der Waals surface area contributed by atoms with E-state index in [4.69, 9.17) is 21.4 Å². The molecule has 3 aromatic heterocycles. The van der Waals surface area contributed by atoms with Gasteiger partial charge in [-0.2, -0.15) is 4.98 Å². The van der Waals surface area contributed by atoms with Crippen LogP contribution >= 0.6 is 24.0 Å². The van der Waals surface area contributed by atoms with Gasteiger partial charge in [-0.25, -0.2) is 0 Å². The van der Waals surface area contributed by atoms with E-state index in [1.165, 1.54) is 15.4 Å². The molecule has 0 N–H and O–H groups in total. The van der Waals surface area contributed by atoms with Gasteiger partial charge in [0.2, 0.25) is 5.88 Å². The second-order valence-electron chi connectivity index (χ2n) is 7.78. The topological polar surface area (TPSA) is 77.1 Å². The fraction of sp³-hybridized carbons (Fsp3) is 0.120. The van der Waals surface area contributed by atoms with E-state index in [1.807, 2.05) is 32.0 Å². The van der Waals surface area contributed by atoms with Crippen LogP contribution in [0.1, 0.15) is 22.5 Å². The number of thiocarbonyl (C=S) groups is 1. The molecule has 4 aromatic rings. The van der Waals surface area contributed by atoms with Crippen molar-refractivity contribution < 1.29 is 13.9 Å². The Morgan fingerprint density at radius 1 is 1.15 bits per heavy atom. The zero-order valence-corrected chi connectivity index (χ0v) is 20.0. The zero-order valence-electron chi connectivity index (χ0n) is 18.3. The molecule has 170 valence electrons. The first kappa shape index (κ1) is 22.1. The maximum Gasteiger partial charge on any atom is 0.269 e. The number of nitrogens with zero attached hydrogens (tertiary/aromatic N) is 3. The number of hydrogen-bond acceptors (Lipinski definition) is 7. The summed E-state index contributed by atoms with van der Waals surface area (Å²) in [6.07, 6.45) is 4.68. The van der Waals surface area contributed by atoms with Gasteiger partial charge in [0.1, 0.15) is 27.0 Å². The molecular formula is C25H19N3O4S2. The number of benzene rings is 1. The van der Waals surface area contributed by atoms with Crippen LogP contribution in [0.15, 0.2) is 75.1 Å². The summed E-state index contributed by atoms with van der Waals surface area (Å²) in [5.41, 5.74) is 2.27. The van der Waals surface area contributed by atoms with Crippen LogP contribution in [0.4, 0.5) is 0 Å². The number of rotatable bonds is 5. The molecule has 9 heteroatoms. The summed E-state index contributed by atoms with van der Waals surface area (Å²) < 4.78 is 13.3. The van der Waals surface area contributed by atoms with Crippen molar-refractivity contribution in [2.75, 3.05) is 0 Å². The average molecular weight is 490 g/mol. The van der Waals surface area contributed by atoms with Crippen LogP contribution in [0, 0.1) is 13.8 Å². The fourth-order valence-corrected chi connectivity index (χ4v) is 4.86. The Hall–Kier alpha value is -3.69. The third-order valence-electron chi connectivity index (χ3n) is 5.31. The molecule has 0 spiro atoms. The molecule has 1 aliphatic rings. The highest BCUT2D eigenvalue weighted by atomic mass is 32.2. The first-order valence-corrected chi connectivity index (χ1v) is 11.7. The Morgan fingerprint density at radius 3 is 2.76 bits per heavy atom. The monoisotopic (exact) mass is 489 g/mol. The number of aryl methyl sites for hydroxylation is 2. The third-order valence-corrected chi connectivity index (χ3v) is 6.69. The van der Waals surface area contributed by atoms with Crippen molar-refractivity contribution in [2.24, 2.45) is 0 Å². The maximum absolute atomic E-state index is 13.4. The van der Waals surface area contributed by atoms with Crippen LogP contribution in [-0.4, -0.2) is 24.5 Å². The summed E-state index contributed by atoms with van der Waals surface area (Å²) in [5.74, 6) is 1.02. The van der Waals surface area contributed by atoms with Crippen LogP contribution in [0.2, 0.25) is 0 Å². The highest BCUT2D eigenvalue weighted by molar-refractivity contribution is 8.26. The summed E-state index contributed by atoms with van der Waals surface area (Å²) in [7, 11) is 0. The van der Waals surface area contributed by atoms with Crippen molar-refractivity contribution in [3.05, 3.63) is 98.7 Å². The summed E-state index contributed by atoms with van der Waals surface area (Å²) in [6.45, 7) is 4.14. The summed E-state index contributed by atoms with van der Waals surface area (Å²) in [4.78, 5) is 32.9. The van der Waals surface area contributed by atoms with E-state index in [2.05, 4.69) is 4.98 Å². The number of amides is 1. The summed E-state index contributed by atoms with van der Waals surface area (Å²) in [5, 5.41) is 0. The van der Waals surface area contributed by atoms with Gasteiger partial charge in [-0.15, -0.1) is 0 Å². The van der Waals surface area contributed by atoms with E-state index in [1.54, 1.807) is 42.8 Å². The Kier molecular flexibility index (Phi) is 5.80. The standard InChI is InChI=1S/C25H19N3O4S2/c1-15-8-9-19(16(2)12-15)32-22-18(23(29)27-10-4-3-7-21(27)26-22)13-20-24(30)28(25(33)34-20)14-17-6-5-11-31-17/h3-13H,14H2,1-2H3. The second kappa shape index (κ2) is 8.92. The van der Waals surface area contributed by atoms with Gasteiger partial charge < -0.3 is 9.15 Å². The zero-order chi connectivity index (χ0) is 23.8. The molecule has 5 rings (SSSR count). The summed E-state index contributed by atoms with van der Waals surface area (Å²) in [6, 6.07) is 14.5. The van der Waals surface area contributed by atoms with E-state index in [-0.39, 0.29) is 29.5 Å². The Labute approximate surface area is 204 Å². The number of carbonyl (C=O) groups is 1. The minimum Gasteiger partial charge on any atom is -0.467 e. The third kappa shape index (κ3) is 4.15. The van der Waals surface area contributed by atoms with Gasteiger partial charge in [0.15, 0.2) is 0 Å². The molecule has 34 heavy (non-hydrogen) atoms. The average Bonchev–Trinajstić information content (AvgIpc) is 3.42. The van der Waals surface area contributed by atoms with E-state index in [9.17, 15) is 9.59 Å². The smallest absolute Gasteiger partial charge is 0.269 e. The van der Waals surface area contributed by atoms with Crippen molar-refractivity contribution >= 4 is 45.9 Å². The molecule has 7 nitrogen and oxygen atoms in total. The Morgan fingerprint density at radius 2 is 2.00 bits per heavy atom. The molecule has 1 amide bonds. The minimum atomic E-state index is -0.346. The lowest BCUT2D eigenvalue weighted by atomic mass is 10.1. The molecule has 4 heterocycles. The quantitative estimate of drug-likeness (QED) is 0.285. The van der Waals surface area contributed by atoms with Gasteiger partial charge in [-0.3, -0.25) is 18.9 Å². The van der Waals surface area contributed by atoms with Gasteiger partial charge in [-0.1, -0.05) is 47.7 Å². The molecular weight excluding hydrogens is 470 g/mol. The van der Waals surface area contributed by atoms with Crippen molar-refractivity contribution in [3.63, 3.8) is 0 Å². The van der Waals surface area contributed by atoms with Gasteiger partial charge in [0.25, 0.3) is 11.5 Å². The van der Waals surface area contributed by atoms with E-state index >= 15 is 0 Å². The lowest BCUT2D eigenvalue weighted by molar-refractivity contribution is -0.122. The molecule has 0 bridgehead atoms. The van der Waals surface area contributed by atoms with Gasteiger partial charge in [-0.05, 0) is 55.8 Å². The molecule has 0 saturated carbocycles. The number of pyridine rings is 1. The molecule has 1 saturated heterocycles. The van der Waals surface area contributed by atoms with Crippen LogP contribution in [-0.2, 0) is 11.3 Å². The van der Waals surface area contributed by atoms with Gasteiger partial charge in [0, 0.05) is 6.20 Å². The van der Waals surface area contributed by atoms with Gasteiger partial charge >= 0.3 is 0 Å². The lowest BCUT2D eigenvalue weighted by Crippen LogP contribution is -2.27. The normalized spacial score (nSPS) is 15.0. The molecule has 1 aliphatic heterocycles. The minimum absolute atomic E-state index is 0.124. The highest BCUT2D eigenvalue weighted by Gasteiger charge is 2.33. The van der Waals surface area contributed by atoms with E-state index in [0.29, 0.717) is 26.4 Å². The van der Waals surface area contributed by atoms with Crippen molar-refractivity contribution in [1.29, 1.82) is 0 Å². The molecule has 1 aromatic carbocycles. The first-order valence-electron chi connectivity index (χ1n) is 10.4. The lowest BCUT2D eigenvalue weighted by Gasteiger charge is -2.13. The Bertz CT molecular complexity index is 1520. The largest absolute Gasteiger partial charge is 0.467 e. The Balaban J connectivity index is 1.59. The number of furan rings is 1. The van der Waals surface area contributed by atoms with Crippen LogP contribution in [0.3, 0.4) is 0 Å². The molecule has 0 radical (unpaired) electrons. The number of thioether (sulfide) groups is 1. The molecule has 0 unspecified atom stereocenters. The highest BCUT2D eigenvalue weighted by Crippen LogP contribution is 2.35. The van der Waals surface area contributed by atoms with E-state index < -0.39 is 0 Å². The van der Waals surface area contributed by atoms with Crippen molar-refractivity contribution in [1.82, 2.24) is 14.3 Å². The fourth-order valence-electron chi connectivity index (χ4n) is 3.63. The van der Waals surface area contributed by atoms with Crippen LogP contribution in [0.25, 0.3) is 11.7 Å². The first-order chi connectivity index (χ1) is 16.4. The second-order valence-corrected chi connectivity index (χ2v) is 9.46. The maximum atomic E-state index is 13.4. The predicted octanol–water partition coefficient (Wildman–Crippen LogP) is 5.10. The molecule has 1 fully saturated rings. The predicted molar refractivity (Wildman–Crippen MR) is 135 cm³/mol. The van der Waals surface area contributed by atoms with Gasteiger partial charge in [0.05, 0.1) is 17.7 Å².